The molecule has 0 unspecified atom stereocenters. The van der Waals surface area contributed by atoms with Gasteiger partial charge in [0.15, 0.2) is 5.82 Å². The van der Waals surface area contributed by atoms with Gasteiger partial charge in [-0.3, -0.25) is 9.59 Å². The van der Waals surface area contributed by atoms with Crippen molar-refractivity contribution >= 4 is 52.2 Å². The van der Waals surface area contributed by atoms with Crippen LogP contribution in [0.5, 0.6) is 0 Å². The van der Waals surface area contributed by atoms with E-state index in [1.807, 2.05) is 17.0 Å². The number of rotatable bonds is 7. The van der Waals surface area contributed by atoms with Crippen molar-refractivity contribution in [2.24, 2.45) is 5.92 Å². The monoisotopic (exact) mass is 639 g/mol. The van der Waals surface area contributed by atoms with E-state index in [-0.39, 0.29) is 28.5 Å². The Morgan fingerprint density at radius 3 is 2.42 bits per heavy atom. The highest BCUT2D eigenvalue weighted by molar-refractivity contribution is 6.33. The second kappa shape index (κ2) is 13.5. The highest BCUT2D eigenvalue weighted by Crippen LogP contribution is 2.33. The van der Waals surface area contributed by atoms with Crippen LogP contribution >= 0.6 is 11.6 Å². The minimum atomic E-state index is -0.740. The molecular formula is C32H36ClF2N7O3. The van der Waals surface area contributed by atoms with E-state index in [2.05, 4.69) is 32.4 Å². The van der Waals surface area contributed by atoms with E-state index in [9.17, 15) is 18.4 Å². The number of hydrogen-bond acceptors (Lipinski definition) is 8. The first kappa shape index (κ1) is 31.0. The van der Waals surface area contributed by atoms with Crippen LogP contribution in [-0.4, -0.2) is 78.7 Å². The Bertz CT molecular complexity index is 1540. The van der Waals surface area contributed by atoms with Gasteiger partial charge in [-0.25, -0.2) is 13.8 Å². The van der Waals surface area contributed by atoms with Gasteiger partial charge >= 0.3 is 0 Å². The summed E-state index contributed by atoms with van der Waals surface area (Å²) in [4.78, 5) is 42.0. The quantitative estimate of drug-likeness (QED) is 0.351. The predicted molar refractivity (Wildman–Crippen MR) is 169 cm³/mol. The van der Waals surface area contributed by atoms with E-state index >= 15 is 0 Å². The molecule has 238 valence electrons. The molecule has 45 heavy (non-hydrogen) atoms. The number of halogens is 3. The summed E-state index contributed by atoms with van der Waals surface area (Å²) in [5, 5.41) is 6.07. The largest absolute Gasteiger partial charge is 0.378 e. The van der Waals surface area contributed by atoms with Gasteiger partial charge in [0.25, 0.3) is 5.91 Å². The van der Waals surface area contributed by atoms with Crippen LogP contribution in [0.3, 0.4) is 0 Å². The van der Waals surface area contributed by atoms with Gasteiger partial charge in [0, 0.05) is 55.9 Å². The van der Waals surface area contributed by atoms with Gasteiger partial charge in [0.05, 0.1) is 25.0 Å². The van der Waals surface area contributed by atoms with Crippen LogP contribution in [0.15, 0.2) is 42.6 Å². The molecule has 2 aromatic carbocycles. The van der Waals surface area contributed by atoms with Crippen molar-refractivity contribution in [1.29, 1.82) is 0 Å². The fraction of sp³-hybridized carbons (Fsp3) is 0.438. The van der Waals surface area contributed by atoms with Crippen LogP contribution in [0, 0.1) is 17.6 Å². The van der Waals surface area contributed by atoms with Crippen LogP contribution in [-0.2, 0) is 9.53 Å². The molecule has 0 radical (unpaired) electrons. The van der Waals surface area contributed by atoms with Crippen molar-refractivity contribution in [3.05, 3.63) is 64.8 Å². The second-order valence-electron chi connectivity index (χ2n) is 11.8. The lowest BCUT2D eigenvalue weighted by Crippen LogP contribution is -2.41. The van der Waals surface area contributed by atoms with Crippen LogP contribution < -0.4 is 20.4 Å². The van der Waals surface area contributed by atoms with Crippen LogP contribution in [0.4, 0.5) is 37.6 Å². The van der Waals surface area contributed by atoms with E-state index in [1.54, 1.807) is 11.0 Å². The maximum Gasteiger partial charge on any atom is 0.256 e. The molecule has 2 amide bonds. The Balaban J connectivity index is 1.22. The number of ether oxygens (including phenoxy) is 1. The summed E-state index contributed by atoms with van der Waals surface area (Å²) >= 11 is 6.49. The zero-order valence-corrected chi connectivity index (χ0v) is 25.8. The number of aromatic nitrogens is 2. The molecule has 0 bridgehead atoms. The molecule has 13 heteroatoms. The molecule has 1 atom stereocenters. The number of carbonyl (C=O) groups excluding carboxylic acids is 2. The Morgan fingerprint density at radius 1 is 0.956 bits per heavy atom. The molecule has 3 aliphatic rings. The number of likely N-dealkylation sites (tertiary alicyclic amines) is 1. The third-order valence-electron chi connectivity index (χ3n) is 8.59. The summed E-state index contributed by atoms with van der Waals surface area (Å²) in [7, 11) is 0. The Kier molecular flexibility index (Phi) is 9.32. The van der Waals surface area contributed by atoms with Gasteiger partial charge in [0.1, 0.15) is 22.7 Å². The molecule has 2 N–H and O–H groups in total. The molecule has 3 fully saturated rings. The average Bonchev–Trinajstić information content (AvgIpc) is 3.52. The second-order valence-corrected chi connectivity index (χ2v) is 12.2. The fourth-order valence-corrected chi connectivity index (χ4v) is 6.34. The minimum Gasteiger partial charge on any atom is -0.378 e. The lowest BCUT2D eigenvalue weighted by Gasteiger charge is -2.34. The Morgan fingerprint density at radius 2 is 1.69 bits per heavy atom. The van der Waals surface area contributed by atoms with E-state index in [4.69, 9.17) is 16.3 Å². The van der Waals surface area contributed by atoms with E-state index in [0.717, 1.165) is 43.1 Å². The van der Waals surface area contributed by atoms with Crippen molar-refractivity contribution in [3.8, 4) is 0 Å². The maximum absolute atomic E-state index is 13.8. The molecule has 4 heterocycles. The highest BCUT2D eigenvalue weighted by Gasteiger charge is 2.34. The molecule has 3 aromatic rings. The molecule has 10 nitrogen and oxygen atoms in total. The van der Waals surface area contributed by atoms with E-state index in [0.29, 0.717) is 75.3 Å². The summed E-state index contributed by atoms with van der Waals surface area (Å²) in [5.74, 6) is -0.762. The molecule has 6 rings (SSSR count). The molecule has 0 spiro atoms. The summed E-state index contributed by atoms with van der Waals surface area (Å²) < 4.78 is 33.0. The van der Waals surface area contributed by atoms with E-state index in [1.165, 1.54) is 6.20 Å². The molecular weight excluding hydrogens is 604 g/mol. The molecule has 3 aliphatic heterocycles. The van der Waals surface area contributed by atoms with Crippen molar-refractivity contribution < 1.29 is 23.1 Å². The normalized spacial score (nSPS) is 19.1. The number of piperidine rings is 1. The van der Waals surface area contributed by atoms with Crippen LogP contribution in [0.25, 0.3) is 0 Å². The zero-order chi connectivity index (χ0) is 31.5. The fourth-order valence-electron chi connectivity index (χ4n) is 6.14. The predicted octanol–water partition coefficient (Wildman–Crippen LogP) is 5.47. The third-order valence-corrected chi connectivity index (χ3v) is 8.86. The van der Waals surface area contributed by atoms with Gasteiger partial charge in [-0.15, -0.1) is 0 Å². The third kappa shape index (κ3) is 7.12. The summed E-state index contributed by atoms with van der Waals surface area (Å²) in [5.41, 5.74) is 2.08. The number of amides is 2. The van der Waals surface area contributed by atoms with Crippen LogP contribution in [0.2, 0.25) is 5.02 Å². The topological polar surface area (TPSA) is 103 Å². The summed E-state index contributed by atoms with van der Waals surface area (Å²) in [6, 6.07) is 7.95. The molecule has 0 saturated carbocycles. The number of morpholine rings is 1. The SMILES string of the molecule is CC1CCN(C(=O)c2cc(NC(=O)[C@@H]3CCCN3c3nc(Nc4cc(F)cc(F)c4)ncc3Cl)ccc2N2CCOCC2)CC1. The first-order valence-electron chi connectivity index (χ1n) is 15.3. The molecule has 1 aromatic heterocycles. The Hall–Kier alpha value is -4.03. The number of nitrogens with zero attached hydrogens (tertiary/aromatic N) is 5. The number of anilines is 5. The number of benzene rings is 2. The molecule has 3 saturated heterocycles. The van der Waals surface area contributed by atoms with Crippen LogP contribution in [0.1, 0.15) is 43.0 Å². The summed E-state index contributed by atoms with van der Waals surface area (Å²) in [6.45, 7) is 6.70. The van der Waals surface area contributed by atoms with Crippen molar-refractivity contribution in [2.75, 3.05) is 66.4 Å². The van der Waals surface area contributed by atoms with Gasteiger partial charge < -0.3 is 30.1 Å². The zero-order valence-electron chi connectivity index (χ0n) is 25.1. The van der Waals surface area contributed by atoms with Gasteiger partial charge in [-0.05, 0) is 61.9 Å². The first-order chi connectivity index (χ1) is 21.7. The van der Waals surface area contributed by atoms with Crippen molar-refractivity contribution in [3.63, 3.8) is 0 Å². The minimum absolute atomic E-state index is 0.0343. The maximum atomic E-state index is 13.8. The van der Waals surface area contributed by atoms with Crippen molar-refractivity contribution in [2.45, 2.75) is 38.6 Å². The van der Waals surface area contributed by atoms with Gasteiger partial charge in [0.2, 0.25) is 11.9 Å². The smallest absolute Gasteiger partial charge is 0.256 e. The number of hydrogen-bond donors (Lipinski definition) is 2. The first-order valence-corrected chi connectivity index (χ1v) is 15.7. The summed E-state index contributed by atoms with van der Waals surface area (Å²) in [6.07, 6.45) is 4.61. The standard InChI is InChI=1S/C32H36ClF2N7O3/c1-20-6-9-41(10-7-20)31(44)25-18-23(4-5-27(25)40-11-13-45-14-12-40)37-30(43)28-3-2-8-42(28)29-26(33)19-36-32(39-29)38-24-16-21(34)15-22(35)17-24/h4-5,15-20,28H,2-3,6-14H2,1H3,(H,37,43)(H,36,38,39)/t28-/m0/s1. The van der Waals surface area contributed by atoms with E-state index < -0.39 is 17.7 Å². The molecule has 0 aliphatic carbocycles. The number of nitrogens with one attached hydrogen (secondary N) is 2. The van der Waals surface area contributed by atoms with Gasteiger partial charge in [-0.1, -0.05) is 18.5 Å². The average molecular weight is 640 g/mol. The lowest BCUT2D eigenvalue weighted by atomic mass is 9.98. The Labute approximate surface area is 265 Å². The highest BCUT2D eigenvalue weighted by atomic mass is 35.5. The van der Waals surface area contributed by atoms with Crippen molar-refractivity contribution in [1.82, 2.24) is 14.9 Å². The number of carbonyl (C=O) groups is 2. The van der Waals surface area contributed by atoms with Gasteiger partial charge in [-0.2, -0.15) is 4.98 Å². The lowest BCUT2D eigenvalue weighted by molar-refractivity contribution is -0.117.